The Kier molecular flexibility index (Phi) is 4.04. The van der Waals surface area contributed by atoms with E-state index >= 15 is 0 Å². The number of fused-ring (bicyclic) bond motifs is 1. The van der Waals surface area contributed by atoms with Crippen LogP contribution in [0.1, 0.15) is 38.4 Å². The van der Waals surface area contributed by atoms with Gasteiger partial charge in [0.15, 0.2) is 5.16 Å². The average molecular weight is 255 g/mol. The topological polar surface area (TPSA) is 68.0 Å². The molecule has 2 rings (SSSR count). The summed E-state index contributed by atoms with van der Waals surface area (Å²) in [6.45, 7) is 2.88. The molecule has 1 atom stereocenters. The third-order valence-corrected chi connectivity index (χ3v) is 3.93. The van der Waals surface area contributed by atoms with Crippen LogP contribution in [-0.4, -0.2) is 31.1 Å². The van der Waals surface area contributed by atoms with Crippen molar-refractivity contribution in [3.8, 4) is 0 Å². The molecule has 2 heterocycles. The highest BCUT2D eigenvalue weighted by Gasteiger charge is 2.18. The number of hydrogen-bond acceptors (Lipinski definition) is 4. The fourth-order valence-corrected chi connectivity index (χ4v) is 3.01. The number of aryl methyl sites for hydroxylation is 1. The summed E-state index contributed by atoms with van der Waals surface area (Å²) in [4.78, 5) is 10.6. The second-order valence-corrected chi connectivity index (χ2v) is 5.79. The van der Waals surface area contributed by atoms with E-state index in [-0.39, 0.29) is 11.7 Å². The zero-order valence-corrected chi connectivity index (χ0v) is 10.7. The SMILES string of the molecule is CC(CC(=O)O)Sc1nnc2n1CCCCC2. The molecule has 0 aliphatic carbocycles. The van der Waals surface area contributed by atoms with Crippen LogP contribution < -0.4 is 0 Å². The lowest BCUT2D eigenvalue weighted by Crippen LogP contribution is -2.08. The molecule has 1 unspecified atom stereocenters. The predicted molar refractivity (Wildman–Crippen MR) is 65.1 cm³/mol. The first-order valence-corrected chi connectivity index (χ1v) is 6.85. The van der Waals surface area contributed by atoms with Gasteiger partial charge in [0.25, 0.3) is 0 Å². The van der Waals surface area contributed by atoms with Crippen LogP contribution in [0, 0.1) is 0 Å². The van der Waals surface area contributed by atoms with E-state index < -0.39 is 5.97 Å². The summed E-state index contributed by atoms with van der Waals surface area (Å²) in [5, 5.41) is 18.0. The fraction of sp³-hybridized carbons (Fsp3) is 0.727. The highest BCUT2D eigenvalue weighted by atomic mass is 32.2. The minimum atomic E-state index is -0.763. The summed E-state index contributed by atoms with van der Waals surface area (Å²) >= 11 is 1.51. The number of aromatic nitrogens is 3. The van der Waals surface area contributed by atoms with Gasteiger partial charge in [-0.25, -0.2) is 0 Å². The highest BCUT2D eigenvalue weighted by molar-refractivity contribution is 7.99. The Bertz CT molecular complexity index is 405. The lowest BCUT2D eigenvalue weighted by atomic mass is 10.2. The molecule has 1 N–H and O–H groups in total. The maximum atomic E-state index is 10.6. The first kappa shape index (κ1) is 12.4. The van der Waals surface area contributed by atoms with Gasteiger partial charge in [0.2, 0.25) is 0 Å². The van der Waals surface area contributed by atoms with E-state index in [1.165, 1.54) is 24.6 Å². The lowest BCUT2D eigenvalue weighted by Gasteiger charge is -2.09. The van der Waals surface area contributed by atoms with E-state index in [0.29, 0.717) is 0 Å². The van der Waals surface area contributed by atoms with Crippen LogP contribution >= 0.6 is 11.8 Å². The Labute approximate surface area is 105 Å². The maximum absolute atomic E-state index is 10.6. The molecular formula is C11H17N3O2S. The summed E-state index contributed by atoms with van der Waals surface area (Å²) in [6, 6.07) is 0. The van der Waals surface area contributed by atoms with Crippen LogP contribution in [0.3, 0.4) is 0 Å². The van der Waals surface area contributed by atoms with Crippen molar-refractivity contribution in [1.29, 1.82) is 0 Å². The van der Waals surface area contributed by atoms with Crippen molar-refractivity contribution in [2.75, 3.05) is 0 Å². The fourth-order valence-electron chi connectivity index (χ4n) is 2.01. The van der Waals surface area contributed by atoms with Crippen molar-refractivity contribution >= 4 is 17.7 Å². The third kappa shape index (κ3) is 3.21. The monoisotopic (exact) mass is 255 g/mol. The Morgan fingerprint density at radius 3 is 3.06 bits per heavy atom. The minimum absolute atomic E-state index is 0.0315. The molecular weight excluding hydrogens is 238 g/mol. The third-order valence-electron chi connectivity index (χ3n) is 2.84. The van der Waals surface area contributed by atoms with E-state index in [0.717, 1.165) is 30.4 Å². The van der Waals surface area contributed by atoms with E-state index in [9.17, 15) is 4.79 Å². The number of nitrogens with zero attached hydrogens (tertiary/aromatic N) is 3. The maximum Gasteiger partial charge on any atom is 0.304 e. The van der Waals surface area contributed by atoms with Crippen molar-refractivity contribution in [2.45, 2.75) is 56.0 Å². The number of aliphatic carboxylic acids is 1. The van der Waals surface area contributed by atoms with Gasteiger partial charge in [-0.3, -0.25) is 4.79 Å². The lowest BCUT2D eigenvalue weighted by molar-refractivity contribution is -0.136. The molecule has 0 spiro atoms. The summed E-state index contributed by atoms with van der Waals surface area (Å²) < 4.78 is 2.15. The summed E-state index contributed by atoms with van der Waals surface area (Å²) in [7, 11) is 0. The molecule has 1 aliphatic rings. The van der Waals surface area contributed by atoms with Crippen LogP contribution in [0.4, 0.5) is 0 Å². The van der Waals surface area contributed by atoms with Crippen LogP contribution in [-0.2, 0) is 17.8 Å². The van der Waals surface area contributed by atoms with Crippen molar-refractivity contribution in [1.82, 2.24) is 14.8 Å². The molecule has 1 aromatic rings. The number of hydrogen-bond donors (Lipinski definition) is 1. The minimum Gasteiger partial charge on any atom is -0.481 e. The van der Waals surface area contributed by atoms with Crippen molar-refractivity contribution < 1.29 is 9.90 Å². The standard InChI is InChI=1S/C11H17N3O2S/c1-8(7-10(15)16)17-11-13-12-9-5-3-2-4-6-14(9)11/h8H,2-7H2,1H3,(H,15,16). The van der Waals surface area contributed by atoms with Gasteiger partial charge in [-0.15, -0.1) is 10.2 Å². The molecule has 6 heteroatoms. The molecule has 0 bridgehead atoms. The van der Waals surface area contributed by atoms with Gasteiger partial charge in [0, 0.05) is 18.2 Å². The largest absolute Gasteiger partial charge is 0.481 e. The van der Waals surface area contributed by atoms with Gasteiger partial charge in [-0.05, 0) is 12.8 Å². The second-order valence-electron chi connectivity index (χ2n) is 4.39. The van der Waals surface area contributed by atoms with Gasteiger partial charge >= 0.3 is 5.97 Å². The smallest absolute Gasteiger partial charge is 0.304 e. The van der Waals surface area contributed by atoms with Gasteiger partial charge in [-0.2, -0.15) is 0 Å². The van der Waals surface area contributed by atoms with Gasteiger partial charge in [-0.1, -0.05) is 25.1 Å². The van der Waals surface area contributed by atoms with Crippen molar-refractivity contribution in [2.24, 2.45) is 0 Å². The zero-order valence-electron chi connectivity index (χ0n) is 9.93. The Balaban J connectivity index is 2.06. The normalized spacial score (nSPS) is 17.2. The van der Waals surface area contributed by atoms with Crippen LogP contribution in [0.15, 0.2) is 5.16 Å². The van der Waals surface area contributed by atoms with E-state index in [1.807, 2.05) is 6.92 Å². The number of thioether (sulfide) groups is 1. The highest BCUT2D eigenvalue weighted by Crippen LogP contribution is 2.26. The molecule has 1 aromatic heterocycles. The Morgan fingerprint density at radius 2 is 2.29 bits per heavy atom. The molecule has 0 saturated heterocycles. The van der Waals surface area contributed by atoms with Gasteiger partial charge in [0.1, 0.15) is 5.82 Å². The van der Waals surface area contributed by atoms with E-state index in [2.05, 4.69) is 14.8 Å². The van der Waals surface area contributed by atoms with Crippen molar-refractivity contribution in [3.05, 3.63) is 5.82 Å². The zero-order chi connectivity index (χ0) is 12.3. The number of carbonyl (C=O) groups is 1. The molecule has 0 fully saturated rings. The van der Waals surface area contributed by atoms with E-state index in [1.54, 1.807) is 0 Å². The number of carboxylic acid groups (broad SMARTS) is 1. The van der Waals surface area contributed by atoms with Gasteiger partial charge < -0.3 is 9.67 Å². The summed E-state index contributed by atoms with van der Waals surface area (Å²) in [6.07, 6.45) is 4.71. The first-order chi connectivity index (χ1) is 8.16. The molecule has 0 radical (unpaired) electrons. The predicted octanol–water partition coefficient (Wildman–Crippen LogP) is 1.96. The number of carboxylic acids is 1. The molecule has 0 saturated carbocycles. The number of rotatable bonds is 4. The molecule has 0 amide bonds. The van der Waals surface area contributed by atoms with Crippen LogP contribution in [0.25, 0.3) is 0 Å². The second kappa shape index (κ2) is 5.53. The van der Waals surface area contributed by atoms with E-state index in [4.69, 9.17) is 5.11 Å². The van der Waals surface area contributed by atoms with Gasteiger partial charge in [0.05, 0.1) is 6.42 Å². The first-order valence-electron chi connectivity index (χ1n) is 5.97. The molecule has 5 nitrogen and oxygen atoms in total. The van der Waals surface area contributed by atoms with Crippen LogP contribution in [0.2, 0.25) is 0 Å². The molecule has 0 aromatic carbocycles. The Hall–Kier alpha value is -1.04. The quantitative estimate of drug-likeness (QED) is 0.833. The average Bonchev–Trinajstić information content (AvgIpc) is 2.49. The Morgan fingerprint density at radius 1 is 1.47 bits per heavy atom. The van der Waals surface area contributed by atoms with Crippen molar-refractivity contribution in [3.63, 3.8) is 0 Å². The summed E-state index contributed by atoms with van der Waals surface area (Å²) in [5.74, 6) is 0.285. The molecule has 94 valence electrons. The van der Waals surface area contributed by atoms with Crippen LogP contribution in [0.5, 0.6) is 0 Å². The molecule has 17 heavy (non-hydrogen) atoms. The molecule has 1 aliphatic heterocycles. The summed E-state index contributed by atoms with van der Waals surface area (Å²) in [5.41, 5.74) is 0.